The Labute approximate surface area is 303 Å². The molecule has 2 fully saturated rings. The first-order valence-electron chi connectivity index (χ1n) is 17.3. The summed E-state index contributed by atoms with van der Waals surface area (Å²) in [5.74, 6) is -1.22. The van der Waals surface area contributed by atoms with Gasteiger partial charge in [0.05, 0.1) is 38.1 Å². The lowest BCUT2D eigenvalue weighted by molar-refractivity contribution is -0.133. The summed E-state index contributed by atoms with van der Waals surface area (Å²) in [6.45, 7) is 0.161. The molecule has 0 spiro atoms. The number of rotatable bonds is 14. The smallest absolute Gasteiger partial charge is 0.417 e. The lowest BCUT2D eigenvalue weighted by Crippen LogP contribution is -2.44. The van der Waals surface area contributed by atoms with Crippen LogP contribution >= 0.6 is 0 Å². The van der Waals surface area contributed by atoms with E-state index in [-0.39, 0.29) is 26.1 Å². The van der Waals surface area contributed by atoms with Crippen molar-refractivity contribution >= 4 is 24.0 Å². The highest BCUT2D eigenvalue weighted by Gasteiger charge is 2.42. The molecule has 10 heteroatoms. The molecule has 52 heavy (non-hydrogen) atoms. The van der Waals surface area contributed by atoms with Gasteiger partial charge in [0, 0.05) is 0 Å². The second-order valence-corrected chi connectivity index (χ2v) is 13.0. The van der Waals surface area contributed by atoms with E-state index in [9.17, 15) is 19.2 Å². The summed E-state index contributed by atoms with van der Waals surface area (Å²) in [7, 11) is 3.16. The number of imide groups is 2. The maximum Gasteiger partial charge on any atom is 0.417 e. The summed E-state index contributed by atoms with van der Waals surface area (Å²) in [4.78, 5) is 57.5. The number of ether oxygens (including phenoxy) is 4. The van der Waals surface area contributed by atoms with Crippen molar-refractivity contribution < 1.29 is 38.1 Å². The zero-order valence-corrected chi connectivity index (χ0v) is 29.3. The Kier molecular flexibility index (Phi) is 11.7. The summed E-state index contributed by atoms with van der Waals surface area (Å²) in [5.41, 5.74) is 3.61. The van der Waals surface area contributed by atoms with Crippen LogP contribution in [0.5, 0.6) is 11.5 Å². The molecule has 4 atom stereocenters. The fourth-order valence-electron chi connectivity index (χ4n) is 6.67. The standard InChI is InChI=1S/C42H42N2O8/c1-49-37-19-13-31(14-20-37)23-33(39(45)43-35(27-51-41(43)47)25-29-9-5-3-6-10-29)17-18-34(24-32-15-21-38(50-2)22-16-32)40(46)44-36(28-52-42(44)48)26-30-11-7-4-8-12-30/h3-22,33-36H,23-28H2,1-2H3/t33-,34-,35+,36+/m1/s1. The maximum atomic E-state index is 14.4. The van der Waals surface area contributed by atoms with Gasteiger partial charge < -0.3 is 18.9 Å². The maximum absolute atomic E-state index is 14.4. The molecule has 10 nitrogen and oxygen atoms in total. The molecule has 4 aromatic rings. The summed E-state index contributed by atoms with van der Waals surface area (Å²) in [6.07, 6.45) is 3.35. The van der Waals surface area contributed by atoms with Gasteiger partial charge >= 0.3 is 12.2 Å². The average Bonchev–Trinajstić information content (AvgIpc) is 3.73. The molecular weight excluding hydrogens is 660 g/mol. The normalized spacial score (nSPS) is 18.2. The average molecular weight is 703 g/mol. The van der Waals surface area contributed by atoms with Crippen molar-refractivity contribution in [2.75, 3.05) is 27.4 Å². The van der Waals surface area contributed by atoms with E-state index in [4.69, 9.17) is 18.9 Å². The van der Waals surface area contributed by atoms with Gasteiger partial charge in [-0.15, -0.1) is 0 Å². The number of hydrogen-bond donors (Lipinski definition) is 0. The second-order valence-electron chi connectivity index (χ2n) is 13.0. The Balaban J connectivity index is 1.32. The van der Waals surface area contributed by atoms with Gasteiger partial charge in [0.25, 0.3) is 0 Å². The van der Waals surface area contributed by atoms with Gasteiger partial charge in [0.1, 0.15) is 24.7 Å². The summed E-state index contributed by atoms with van der Waals surface area (Å²) < 4.78 is 21.5. The van der Waals surface area contributed by atoms with Gasteiger partial charge in [0.15, 0.2) is 0 Å². The van der Waals surface area contributed by atoms with Gasteiger partial charge in [-0.3, -0.25) is 9.59 Å². The Hall–Kier alpha value is -5.90. The summed E-state index contributed by atoms with van der Waals surface area (Å²) in [5, 5.41) is 0. The molecule has 0 aromatic heterocycles. The van der Waals surface area contributed by atoms with Crippen LogP contribution in [0, 0.1) is 11.8 Å². The number of cyclic esters (lactones) is 2. The van der Waals surface area contributed by atoms with Crippen molar-refractivity contribution in [3.8, 4) is 11.5 Å². The van der Waals surface area contributed by atoms with E-state index < -0.39 is 47.9 Å². The third-order valence-electron chi connectivity index (χ3n) is 9.46. The van der Waals surface area contributed by atoms with Gasteiger partial charge in [0.2, 0.25) is 11.8 Å². The fourth-order valence-corrected chi connectivity index (χ4v) is 6.67. The van der Waals surface area contributed by atoms with Crippen LogP contribution in [-0.2, 0) is 44.7 Å². The van der Waals surface area contributed by atoms with Crippen molar-refractivity contribution in [3.05, 3.63) is 144 Å². The van der Waals surface area contributed by atoms with Gasteiger partial charge in [-0.25, -0.2) is 19.4 Å². The molecule has 0 saturated carbocycles. The first-order valence-corrected chi connectivity index (χ1v) is 17.3. The molecule has 6 rings (SSSR count). The SMILES string of the molecule is COc1ccc(C[C@@H](C=C[C@H](Cc2ccc(OC)cc2)C(=O)N2C(=O)OC[C@@H]2Cc2ccccc2)C(=O)N2C(=O)OC[C@@H]2Cc2ccccc2)cc1. The molecule has 268 valence electrons. The number of carbonyl (C=O) groups excluding carboxylic acids is 4. The molecule has 0 bridgehead atoms. The zero-order chi connectivity index (χ0) is 36.5. The van der Waals surface area contributed by atoms with E-state index >= 15 is 0 Å². The predicted molar refractivity (Wildman–Crippen MR) is 194 cm³/mol. The molecule has 0 unspecified atom stereocenters. The lowest BCUT2D eigenvalue weighted by Gasteiger charge is -2.25. The molecule has 4 aromatic carbocycles. The van der Waals surface area contributed by atoms with Crippen LogP contribution in [0.15, 0.2) is 121 Å². The van der Waals surface area contributed by atoms with E-state index in [1.54, 1.807) is 26.4 Å². The van der Waals surface area contributed by atoms with Crippen LogP contribution in [-0.4, -0.2) is 73.3 Å². The third-order valence-corrected chi connectivity index (χ3v) is 9.46. The molecule has 4 amide bonds. The molecule has 0 radical (unpaired) electrons. The number of hydrogen-bond acceptors (Lipinski definition) is 8. The molecular formula is C42H42N2O8. The molecule has 2 aliphatic rings. The topological polar surface area (TPSA) is 112 Å². The van der Waals surface area contributed by atoms with Crippen LogP contribution in [0.3, 0.4) is 0 Å². The fraction of sp³-hybridized carbons (Fsp3) is 0.286. The van der Waals surface area contributed by atoms with Crippen LogP contribution in [0.4, 0.5) is 9.59 Å². The minimum absolute atomic E-state index is 0.0803. The first kappa shape index (κ1) is 35.9. The molecule has 0 aliphatic carbocycles. The molecule has 2 aliphatic heterocycles. The molecule has 0 N–H and O–H groups in total. The van der Waals surface area contributed by atoms with Crippen LogP contribution in [0.25, 0.3) is 0 Å². The van der Waals surface area contributed by atoms with Crippen molar-refractivity contribution in [1.82, 2.24) is 9.80 Å². The Morgan fingerprint density at radius 2 is 0.962 bits per heavy atom. The minimum Gasteiger partial charge on any atom is -0.497 e. The summed E-state index contributed by atoms with van der Waals surface area (Å²) >= 11 is 0. The summed E-state index contributed by atoms with van der Waals surface area (Å²) in [6, 6.07) is 33.0. The van der Waals surface area contributed by atoms with Crippen LogP contribution < -0.4 is 9.47 Å². The van der Waals surface area contributed by atoms with Crippen molar-refractivity contribution in [2.45, 2.75) is 37.8 Å². The first-order chi connectivity index (χ1) is 25.3. The largest absolute Gasteiger partial charge is 0.497 e. The Morgan fingerprint density at radius 3 is 1.31 bits per heavy atom. The quantitative estimate of drug-likeness (QED) is 0.138. The van der Waals surface area contributed by atoms with Crippen molar-refractivity contribution in [2.24, 2.45) is 11.8 Å². The number of methoxy groups -OCH3 is 2. The number of benzene rings is 4. The van der Waals surface area contributed by atoms with Crippen molar-refractivity contribution in [1.29, 1.82) is 0 Å². The predicted octanol–water partition coefficient (Wildman–Crippen LogP) is 6.46. The third kappa shape index (κ3) is 8.69. The Morgan fingerprint density at radius 1 is 0.596 bits per heavy atom. The number of carbonyl (C=O) groups is 4. The Bertz CT molecular complexity index is 1720. The van der Waals surface area contributed by atoms with Gasteiger partial charge in [-0.2, -0.15) is 0 Å². The highest BCUT2D eigenvalue weighted by Crippen LogP contribution is 2.27. The van der Waals surface area contributed by atoms with E-state index in [1.807, 2.05) is 109 Å². The van der Waals surface area contributed by atoms with Gasteiger partial charge in [-0.05, 0) is 72.2 Å². The number of amides is 4. The monoisotopic (exact) mass is 702 g/mol. The highest BCUT2D eigenvalue weighted by molar-refractivity contribution is 5.97. The van der Waals surface area contributed by atoms with E-state index in [0.717, 1.165) is 22.3 Å². The molecule has 2 heterocycles. The second kappa shape index (κ2) is 16.9. The van der Waals surface area contributed by atoms with Gasteiger partial charge in [-0.1, -0.05) is 97.1 Å². The van der Waals surface area contributed by atoms with E-state index in [0.29, 0.717) is 24.3 Å². The van der Waals surface area contributed by atoms with Crippen LogP contribution in [0.1, 0.15) is 22.3 Å². The lowest BCUT2D eigenvalue weighted by atomic mass is 9.91. The zero-order valence-electron chi connectivity index (χ0n) is 29.3. The minimum atomic E-state index is -0.839. The number of nitrogens with zero attached hydrogens (tertiary/aromatic N) is 2. The molecule has 2 saturated heterocycles. The highest BCUT2D eigenvalue weighted by atomic mass is 16.6. The van der Waals surface area contributed by atoms with E-state index in [2.05, 4.69) is 0 Å². The van der Waals surface area contributed by atoms with Crippen molar-refractivity contribution in [3.63, 3.8) is 0 Å². The van der Waals surface area contributed by atoms with Crippen LogP contribution in [0.2, 0.25) is 0 Å². The van der Waals surface area contributed by atoms with E-state index in [1.165, 1.54) is 9.80 Å².